The van der Waals surface area contributed by atoms with E-state index in [1.807, 2.05) is 30.3 Å². The molecule has 0 saturated heterocycles. The third-order valence-electron chi connectivity index (χ3n) is 7.16. The van der Waals surface area contributed by atoms with E-state index in [0.29, 0.717) is 0 Å². The van der Waals surface area contributed by atoms with Gasteiger partial charge in [0.2, 0.25) is 0 Å². The minimum atomic E-state index is 0.894. The first-order chi connectivity index (χ1) is 17.8. The van der Waals surface area contributed by atoms with Gasteiger partial charge < -0.3 is 4.57 Å². The van der Waals surface area contributed by atoms with Crippen LogP contribution in [-0.4, -0.2) is 19.6 Å². The largest absolute Gasteiger partial charge is 0.309 e. The number of hydrogen-bond donors (Lipinski definition) is 0. The van der Waals surface area contributed by atoms with Gasteiger partial charge in [0, 0.05) is 21.8 Å². The summed E-state index contributed by atoms with van der Waals surface area (Å²) in [6, 6.07) is 42.7. The van der Waals surface area contributed by atoms with E-state index in [1.165, 1.54) is 38.0 Å². The first-order valence-corrected chi connectivity index (χ1v) is 12.1. The third-order valence-corrected chi connectivity index (χ3v) is 7.16. The number of hydrogen-bond acceptors (Lipinski definition) is 2. The normalized spacial score (nSPS) is 11.9. The zero-order chi connectivity index (χ0) is 23.6. The Hall–Kier alpha value is -4.96. The molecule has 8 aromatic rings. The van der Waals surface area contributed by atoms with E-state index in [1.54, 1.807) is 4.80 Å². The van der Waals surface area contributed by atoms with Crippen molar-refractivity contribution in [3.05, 3.63) is 121 Å². The summed E-state index contributed by atoms with van der Waals surface area (Å²) in [7, 11) is 0. The summed E-state index contributed by atoms with van der Waals surface area (Å²) in [5.41, 5.74) is 6.35. The van der Waals surface area contributed by atoms with Crippen molar-refractivity contribution in [2.75, 3.05) is 0 Å². The van der Waals surface area contributed by atoms with Gasteiger partial charge in [-0.05, 0) is 58.6 Å². The maximum atomic E-state index is 4.92. The highest BCUT2D eigenvalue weighted by atomic mass is 15.5. The average molecular weight is 461 g/mol. The van der Waals surface area contributed by atoms with Crippen LogP contribution in [0.4, 0.5) is 0 Å². The molecule has 2 aromatic heterocycles. The molecule has 0 amide bonds. The molecule has 0 aliphatic carbocycles. The van der Waals surface area contributed by atoms with Crippen molar-refractivity contribution >= 4 is 54.4 Å². The highest BCUT2D eigenvalue weighted by Gasteiger charge is 2.14. The van der Waals surface area contributed by atoms with Gasteiger partial charge in [-0.2, -0.15) is 4.80 Å². The fourth-order valence-corrected chi connectivity index (χ4v) is 5.53. The minimum absolute atomic E-state index is 0.894. The van der Waals surface area contributed by atoms with E-state index in [2.05, 4.69) is 95.6 Å². The molecule has 4 heteroatoms. The molecule has 168 valence electrons. The summed E-state index contributed by atoms with van der Waals surface area (Å²) in [6.07, 6.45) is 0. The van der Waals surface area contributed by atoms with E-state index in [9.17, 15) is 0 Å². The first-order valence-electron chi connectivity index (χ1n) is 12.1. The Labute approximate surface area is 206 Å². The van der Waals surface area contributed by atoms with Crippen LogP contribution in [0.1, 0.15) is 0 Å². The quantitative estimate of drug-likeness (QED) is 0.247. The lowest BCUT2D eigenvalue weighted by Crippen LogP contribution is -1.97. The van der Waals surface area contributed by atoms with E-state index in [-0.39, 0.29) is 0 Å². The minimum Gasteiger partial charge on any atom is -0.309 e. The molecule has 8 rings (SSSR count). The van der Waals surface area contributed by atoms with Crippen LogP contribution in [0.25, 0.3) is 65.8 Å². The van der Waals surface area contributed by atoms with Crippen LogP contribution < -0.4 is 0 Å². The van der Waals surface area contributed by atoms with Gasteiger partial charge in [0.25, 0.3) is 0 Å². The Morgan fingerprint density at radius 3 is 1.92 bits per heavy atom. The van der Waals surface area contributed by atoms with E-state index in [4.69, 9.17) is 10.2 Å². The molecular weight excluding hydrogens is 440 g/mol. The summed E-state index contributed by atoms with van der Waals surface area (Å²) in [4.78, 5) is 1.73. The lowest BCUT2D eigenvalue weighted by Gasteiger charge is -2.11. The van der Waals surface area contributed by atoms with Crippen LogP contribution in [0.5, 0.6) is 0 Å². The van der Waals surface area contributed by atoms with E-state index >= 15 is 0 Å². The number of aromatic nitrogens is 4. The Kier molecular flexibility index (Phi) is 3.91. The zero-order valence-corrected chi connectivity index (χ0v) is 19.3. The zero-order valence-electron chi connectivity index (χ0n) is 19.3. The molecule has 0 bridgehead atoms. The molecule has 0 atom stereocenters. The van der Waals surface area contributed by atoms with Crippen LogP contribution in [0.15, 0.2) is 121 Å². The number of benzene rings is 6. The first kappa shape index (κ1) is 19.4. The van der Waals surface area contributed by atoms with Crippen LogP contribution >= 0.6 is 0 Å². The van der Waals surface area contributed by atoms with Crippen molar-refractivity contribution in [1.29, 1.82) is 0 Å². The maximum absolute atomic E-state index is 4.92. The second kappa shape index (κ2) is 7.27. The molecule has 0 N–H and O–H groups in total. The molecule has 0 saturated carbocycles. The second-order valence-electron chi connectivity index (χ2n) is 9.20. The molecule has 36 heavy (non-hydrogen) atoms. The van der Waals surface area contributed by atoms with Gasteiger partial charge >= 0.3 is 0 Å². The smallest absolute Gasteiger partial charge is 0.122 e. The number of nitrogens with zero attached hydrogens (tertiary/aromatic N) is 4. The highest BCUT2D eigenvalue weighted by Crippen LogP contribution is 2.35. The lowest BCUT2D eigenvalue weighted by atomic mass is 10.00. The van der Waals surface area contributed by atoms with E-state index < -0.39 is 0 Å². The standard InChI is InChI=1S/C32H20N4/c1-2-8-23(9-3-1)36-33-28-19-16-21-14-15-22-20-24(17-18-25(22)31(21)32(28)34-36)35-29-12-6-4-10-26(29)27-11-5-7-13-30(27)35/h1-20H. The number of fused-ring (bicyclic) bond motifs is 8. The second-order valence-corrected chi connectivity index (χ2v) is 9.20. The molecule has 0 unspecified atom stereocenters. The van der Waals surface area contributed by atoms with Crippen molar-refractivity contribution in [2.24, 2.45) is 0 Å². The maximum Gasteiger partial charge on any atom is 0.122 e. The fourth-order valence-electron chi connectivity index (χ4n) is 5.53. The predicted octanol–water partition coefficient (Wildman–Crippen LogP) is 7.82. The van der Waals surface area contributed by atoms with Crippen molar-refractivity contribution in [2.45, 2.75) is 0 Å². The van der Waals surface area contributed by atoms with Crippen LogP contribution in [-0.2, 0) is 0 Å². The monoisotopic (exact) mass is 460 g/mol. The number of rotatable bonds is 2. The Bertz CT molecular complexity index is 2050. The van der Waals surface area contributed by atoms with Gasteiger partial charge in [-0.25, -0.2) is 0 Å². The van der Waals surface area contributed by atoms with Crippen molar-refractivity contribution in [1.82, 2.24) is 19.6 Å². The predicted molar refractivity (Wildman–Crippen MR) is 148 cm³/mol. The summed E-state index contributed by atoms with van der Waals surface area (Å²) >= 11 is 0. The molecule has 0 aliphatic rings. The molecule has 0 fully saturated rings. The van der Waals surface area contributed by atoms with Crippen molar-refractivity contribution < 1.29 is 0 Å². The Balaban J connectivity index is 1.40. The van der Waals surface area contributed by atoms with Gasteiger partial charge in [0.15, 0.2) is 0 Å². The molecule has 4 nitrogen and oxygen atoms in total. The van der Waals surface area contributed by atoms with Crippen molar-refractivity contribution in [3.8, 4) is 11.4 Å². The summed E-state index contributed by atoms with van der Waals surface area (Å²) in [5.74, 6) is 0. The molecule has 2 heterocycles. The van der Waals surface area contributed by atoms with Gasteiger partial charge in [0.05, 0.1) is 16.7 Å². The highest BCUT2D eigenvalue weighted by molar-refractivity contribution is 6.18. The topological polar surface area (TPSA) is 35.6 Å². The Morgan fingerprint density at radius 2 is 1.14 bits per heavy atom. The fraction of sp³-hybridized carbons (Fsp3) is 0. The van der Waals surface area contributed by atoms with Crippen molar-refractivity contribution in [3.63, 3.8) is 0 Å². The third kappa shape index (κ3) is 2.70. The van der Waals surface area contributed by atoms with E-state index in [0.717, 1.165) is 27.8 Å². The summed E-state index contributed by atoms with van der Waals surface area (Å²) in [5, 5.41) is 16.9. The molecule has 0 radical (unpaired) electrons. The Morgan fingerprint density at radius 1 is 0.472 bits per heavy atom. The van der Waals surface area contributed by atoms with Crippen LogP contribution in [0.2, 0.25) is 0 Å². The molecular formula is C32H20N4. The summed E-state index contributed by atoms with van der Waals surface area (Å²) in [6.45, 7) is 0. The molecule has 6 aromatic carbocycles. The van der Waals surface area contributed by atoms with Gasteiger partial charge in [0.1, 0.15) is 11.0 Å². The number of para-hydroxylation sites is 3. The SMILES string of the molecule is c1ccc(-n2nc3ccc4ccc5cc(-n6c7ccccc7c7ccccc76)ccc5c4c3n2)cc1. The van der Waals surface area contributed by atoms with Crippen LogP contribution in [0.3, 0.4) is 0 Å². The summed E-state index contributed by atoms with van der Waals surface area (Å²) < 4.78 is 2.36. The average Bonchev–Trinajstić information content (AvgIpc) is 3.53. The van der Waals surface area contributed by atoms with Gasteiger partial charge in [-0.3, -0.25) is 0 Å². The molecule has 0 aliphatic heterocycles. The molecule has 0 spiro atoms. The van der Waals surface area contributed by atoms with Gasteiger partial charge in [-0.1, -0.05) is 78.9 Å². The van der Waals surface area contributed by atoms with Crippen LogP contribution in [0, 0.1) is 0 Å². The van der Waals surface area contributed by atoms with Gasteiger partial charge in [-0.15, -0.1) is 10.2 Å². The lowest BCUT2D eigenvalue weighted by molar-refractivity contribution is 0.766.